The first-order valence-electron chi connectivity index (χ1n) is 8.39. The molecule has 9 heteroatoms. The van der Waals surface area contributed by atoms with Crippen molar-refractivity contribution in [2.75, 3.05) is 5.32 Å². The van der Waals surface area contributed by atoms with Gasteiger partial charge in [-0.2, -0.15) is 5.10 Å². The molecule has 28 heavy (non-hydrogen) atoms. The summed E-state index contributed by atoms with van der Waals surface area (Å²) in [6.45, 7) is 1.83. The molecule has 2 aromatic carbocycles. The van der Waals surface area contributed by atoms with E-state index in [0.29, 0.717) is 16.9 Å². The Hall–Kier alpha value is -3.07. The summed E-state index contributed by atoms with van der Waals surface area (Å²) in [6.07, 6.45) is 0. The average molecular weight is 403 g/mol. The number of nitrogens with one attached hydrogen (secondary N) is 1. The molecule has 0 fully saturated rings. The molecule has 0 spiro atoms. The van der Waals surface area contributed by atoms with Crippen LogP contribution in [-0.2, 0) is 21.3 Å². The van der Waals surface area contributed by atoms with Crippen molar-refractivity contribution in [3.8, 4) is 5.69 Å². The van der Waals surface area contributed by atoms with Crippen LogP contribution in [0.2, 0.25) is 0 Å². The molecule has 0 aliphatic carbocycles. The van der Waals surface area contributed by atoms with Gasteiger partial charge in [-0.25, -0.2) is 21.9 Å². The summed E-state index contributed by atoms with van der Waals surface area (Å²) in [5.41, 5.74) is 1.35. The number of fused-ring (bicyclic) bond motifs is 1. The molecule has 0 saturated carbocycles. The molecule has 1 amide bonds. The highest BCUT2D eigenvalue weighted by Gasteiger charge is 2.34. The maximum atomic E-state index is 14.0. The standard InChI is InChI=1S/C19H15F2N3O3S/c1-11-5-2-3-8-16(11)24-18(12-9-28(26,27)10-15(12)23-24)22-19(25)17-13(20)6-4-7-14(17)21/h2-8H,9-10H2,1H3,(H,22,25). The molecule has 0 atom stereocenters. The van der Waals surface area contributed by atoms with E-state index >= 15 is 0 Å². The number of benzene rings is 2. The van der Waals surface area contributed by atoms with Crippen LogP contribution in [0.1, 0.15) is 27.2 Å². The van der Waals surface area contributed by atoms with Crippen LogP contribution in [0, 0.1) is 18.6 Å². The number of carbonyl (C=O) groups excluding carboxylic acids is 1. The lowest BCUT2D eigenvalue weighted by Crippen LogP contribution is -2.19. The van der Waals surface area contributed by atoms with E-state index in [-0.39, 0.29) is 17.3 Å². The second-order valence-corrected chi connectivity index (χ2v) is 8.62. The summed E-state index contributed by atoms with van der Waals surface area (Å²) >= 11 is 0. The molecule has 0 saturated heterocycles. The SMILES string of the molecule is Cc1ccccc1-n1nc2c(c1NC(=O)c1c(F)cccc1F)CS(=O)(=O)C2. The van der Waals surface area contributed by atoms with Gasteiger partial charge in [0.25, 0.3) is 5.91 Å². The Morgan fingerprint density at radius 1 is 1.07 bits per heavy atom. The van der Waals surface area contributed by atoms with Gasteiger partial charge in [-0.05, 0) is 30.7 Å². The van der Waals surface area contributed by atoms with E-state index in [1.165, 1.54) is 4.68 Å². The normalized spacial score (nSPS) is 14.7. The summed E-state index contributed by atoms with van der Waals surface area (Å²) in [6, 6.07) is 10.3. The molecule has 0 bridgehead atoms. The fourth-order valence-electron chi connectivity index (χ4n) is 3.23. The molecule has 3 aromatic rings. The summed E-state index contributed by atoms with van der Waals surface area (Å²) in [7, 11) is -3.39. The quantitative estimate of drug-likeness (QED) is 0.729. The Morgan fingerprint density at radius 2 is 1.75 bits per heavy atom. The fraction of sp³-hybridized carbons (Fsp3) is 0.158. The minimum absolute atomic E-state index is 0.0954. The Labute approximate surface area is 159 Å². The predicted molar refractivity (Wildman–Crippen MR) is 98.9 cm³/mol. The highest BCUT2D eigenvalue weighted by atomic mass is 32.2. The van der Waals surface area contributed by atoms with Gasteiger partial charge < -0.3 is 5.32 Å². The zero-order valence-corrected chi connectivity index (χ0v) is 15.6. The molecule has 2 heterocycles. The molecule has 144 valence electrons. The molecule has 1 aliphatic rings. The number of halogens is 2. The second kappa shape index (κ2) is 6.52. The maximum Gasteiger partial charge on any atom is 0.262 e. The van der Waals surface area contributed by atoms with Crippen LogP contribution in [0.4, 0.5) is 14.6 Å². The summed E-state index contributed by atoms with van der Waals surface area (Å²) in [5.74, 6) is -3.50. The summed E-state index contributed by atoms with van der Waals surface area (Å²) < 4.78 is 53.4. The lowest BCUT2D eigenvalue weighted by atomic mass is 10.1. The number of nitrogens with zero attached hydrogens (tertiary/aromatic N) is 2. The number of carbonyl (C=O) groups is 1. The monoisotopic (exact) mass is 403 g/mol. The third-order valence-corrected chi connectivity index (χ3v) is 5.99. The van der Waals surface area contributed by atoms with E-state index in [1.54, 1.807) is 12.1 Å². The zero-order valence-electron chi connectivity index (χ0n) is 14.7. The molecule has 4 rings (SSSR count). The van der Waals surface area contributed by atoms with Gasteiger partial charge in [-0.1, -0.05) is 24.3 Å². The molecule has 1 aliphatic heterocycles. The van der Waals surface area contributed by atoms with Gasteiger partial charge in [0.1, 0.15) is 23.0 Å². The first-order valence-corrected chi connectivity index (χ1v) is 10.2. The van der Waals surface area contributed by atoms with Crippen LogP contribution in [0.25, 0.3) is 5.69 Å². The van der Waals surface area contributed by atoms with Gasteiger partial charge in [0.2, 0.25) is 0 Å². The van der Waals surface area contributed by atoms with Crippen LogP contribution < -0.4 is 5.32 Å². The Kier molecular flexibility index (Phi) is 4.26. The van der Waals surface area contributed by atoms with E-state index in [9.17, 15) is 22.0 Å². The van der Waals surface area contributed by atoms with Crippen molar-refractivity contribution in [3.63, 3.8) is 0 Å². The van der Waals surface area contributed by atoms with Crippen molar-refractivity contribution in [3.05, 3.63) is 76.5 Å². The van der Waals surface area contributed by atoms with Gasteiger partial charge in [-0.3, -0.25) is 4.79 Å². The highest BCUT2D eigenvalue weighted by molar-refractivity contribution is 7.90. The zero-order chi connectivity index (χ0) is 20.1. The van der Waals surface area contributed by atoms with Gasteiger partial charge in [-0.15, -0.1) is 0 Å². The lowest BCUT2D eigenvalue weighted by Gasteiger charge is -2.13. The van der Waals surface area contributed by atoms with Crippen molar-refractivity contribution in [1.82, 2.24) is 9.78 Å². The second-order valence-electron chi connectivity index (χ2n) is 6.56. The molecule has 1 N–H and O–H groups in total. The molecule has 0 radical (unpaired) electrons. The number of aryl methyl sites for hydroxylation is 1. The van der Waals surface area contributed by atoms with Gasteiger partial charge >= 0.3 is 0 Å². The predicted octanol–water partition coefficient (Wildman–Crippen LogP) is 3.14. The molecular formula is C19H15F2N3O3S. The van der Waals surface area contributed by atoms with Crippen LogP contribution in [0.5, 0.6) is 0 Å². The van der Waals surface area contributed by atoms with Crippen molar-refractivity contribution in [1.29, 1.82) is 0 Å². The van der Waals surface area contributed by atoms with E-state index in [1.807, 2.05) is 19.1 Å². The smallest absolute Gasteiger partial charge is 0.262 e. The topological polar surface area (TPSA) is 81.1 Å². The largest absolute Gasteiger partial charge is 0.306 e. The van der Waals surface area contributed by atoms with E-state index in [4.69, 9.17) is 0 Å². The van der Waals surface area contributed by atoms with Crippen molar-refractivity contribution < 1.29 is 22.0 Å². The highest BCUT2D eigenvalue weighted by Crippen LogP contribution is 2.34. The van der Waals surface area contributed by atoms with Gasteiger partial charge in [0, 0.05) is 5.56 Å². The molecular weight excluding hydrogens is 388 g/mol. The van der Waals surface area contributed by atoms with Gasteiger partial charge in [0.15, 0.2) is 9.84 Å². The summed E-state index contributed by atoms with van der Waals surface area (Å²) in [5, 5.41) is 6.81. The van der Waals surface area contributed by atoms with E-state index in [0.717, 1.165) is 23.8 Å². The van der Waals surface area contributed by atoms with Crippen LogP contribution in [-0.4, -0.2) is 24.1 Å². The summed E-state index contributed by atoms with van der Waals surface area (Å²) in [4.78, 5) is 12.6. The number of hydrogen-bond donors (Lipinski definition) is 1. The van der Waals surface area contributed by atoms with Crippen LogP contribution in [0.15, 0.2) is 42.5 Å². The van der Waals surface area contributed by atoms with Crippen molar-refractivity contribution in [2.24, 2.45) is 0 Å². The molecule has 6 nitrogen and oxygen atoms in total. The molecule has 0 unspecified atom stereocenters. The van der Waals surface area contributed by atoms with Gasteiger partial charge in [0.05, 0.1) is 22.9 Å². The number of sulfone groups is 1. The third kappa shape index (κ3) is 3.07. The Bertz CT molecular complexity index is 1200. The number of anilines is 1. The first kappa shape index (κ1) is 18.3. The number of para-hydroxylation sites is 1. The maximum absolute atomic E-state index is 14.0. The lowest BCUT2D eigenvalue weighted by molar-refractivity contribution is 0.101. The third-order valence-electron chi connectivity index (χ3n) is 4.55. The van der Waals surface area contributed by atoms with E-state index < -0.39 is 32.9 Å². The van der Waals surface area contributed by atoms with Crippen molar-refractivity contribution in [2.45, 2.75) is 18.4 Å². The number of aromatic nitrogens is 2. The van der Waals surface area contributed by atoms with Crippen LogP contribution in [0.3, 0.4) is 0 Å². The first-order chi connectivity index (χ1) is 13.3. The Balaban J connectivity index is 1.84. The molecule has 1 aromatic heterocycles. The number of hydrogen-bond acceptors (Lipinski definition) is 4. The van der Waals surface area contributed by atoms with E-state index in [2.05, 4.69) is 10.4 Å². The fourth-order valence-corrected chi connectivity index (χ4v) is 4.72. The number of amides is 1. The van der Waals surface area contributed by atoms with Crippen molar-refractivity contribution >= 4 is 21.6 Å². The Morgan fingerprint density at radius 3 is 2.43 bits per heavy atom. The average Bonchev–Trinajstić information content (AvgIpc) is 3.08. The minimum atomic E-state index is -3.39. The van der Waals surface area contributed by atoms with Crippen LogP contribution >= 0.6 is 0 Å². The number of rotatable bonds is 3. The minimum Gasteiger partial charge on any atom is -0.306 e.